The lowest BCUT2D eigenvalue weighted by atomic mass is 10.0. The van der Waals surface area contributed by atoms with Crippen LogP contribution in [0.5, 0.6) is 0 Å². The van der Waals surface area contributed by atoms with Crippen molar-refractivity contribution in [2.45, 2.75) is 0 Å². The van der Waals surface area contributed by atoms with Crippen molar-refractivity contribution in [2.75, 3.05) is 18.0 Å². The second kappa shape index (κ2) is 2.78. The molecule has 0 unspecified atom stereocenters. The first-order chi connectivity index (χ1) is 5.90. The van der Waals surface area contributed by atoms with Crippen molar-refractivity contribution in [1.29, 1.82) is 5.26 Å². The van der Waals surface area contributed by atoms with Gasteiger partial charge in [0, 0.05) is 25.5 Å². The zero-order valence-corrected chi connectivity index (χ0v) is 6.51. The maximum absolute atomic E-state index is 8.54. The van der Waals surface area contributed by atoms with E-state index in [-0.39, 0.29) is 5.92 Å². The lowest BCUT2D eigenvalue weighted by Crippen LogP contribution is -2.46. The predicted octanol–water partition coefficient (Wildman–Crippen LogP) is 0.436. The Morgan fingerprint density at radius 1 is 1.50 bits per heavy atom. The number of hydrogen-bond acceptors (Lipinski definition) is 4. The van der Waals surface area contributed by atoms with Gasteiger partial charge in [0.2, 0.25) is 0 Å². The molecule has 1 aromatic heterocycles. The minimum atomic E-state index is 0.173. The zero-order chi connectivity index (χ0) is 8.39. The summed E-state index contributed by atoms with van der Waals surface area (Å²) in [5, 5.41) is 8.54. The van der Waals surface area contributed by atoms with Gasteiger partial charge >= 0.3 is 0 Å². The summed E-state index contributed by atoms with van der Waals surface area (Å²) >= 11 is 0. The molecule has 0 atom stereocenters. The van der Waals surface area contributed by atoms with Crippen LogP contribution in [0, 0.1) is 17.2 Å². The summed E-state index contributed by atoms with van der Waals surface area (Å²) in [5.74, 6) is 1.04. The number of rotatable bonds is 1. The van der Waals surface area contributed by atoms with Crippen LogP contribution in [0.1, 0.15) is 0 Å². The third kappa shape index (κ3) is 1.10. The first-order valence-corrected chi connectivity index (χ1v) is 3.81. The van der Waals surface area contributed by atoms with E-state index >= 15 is 0 Å². The Bertz CT molecular complexity index is 297. The predicted molar refractivity (Wildman–Crippen MR) is 43.3 cm³/mol. The highest BCUT2D eigenvalue weighted by atomic mass is 15.2. The molecule has 4 nitrogen and oxygen atoms in total. The maximum Gasteiger partial charge on any atom is 0.147 e. The molecule has 4 heteroatoms. The Hall–Kier alpha value is -1.63. The minimum absolute atomic E-state index is 0.173. The van der Waals surface area contributed by atoms with Crippen LogP contribution in [0.4, 0.5) is 5.82 Å². The van der Waals surface area contributed by atoms with Gasteiger partial charge in [-0.05, 0) is 0 Å². The van der Waals surface area contributed by atoms with Gasteiger partial charge in [0.15, 0.2) is 0 Å². The fourth-order valence-corrected chi connectivity index (χ4v) is 1.20. The van der Waals surface area contributed by atoms with E-state index in [9.17, 15) is 0 Å². The van der Waals surface area contributed by atoms with E-state index in [1.807, 2.05) is 4.90 Å². The monoisotopic (exact) mass is 160 g/mol. The molecule has 1 saturated heterocycles. The van der Waals surface area contributed by atoms with Gasteiger partial charge in [-0.2, -0.15) is 5.26 Å². The molecule has 0 bridgehead atoms. The molecule has 0 saturated carbocycles. The van der Waals surface area contributed by atoms with Crippen LogP contribution < -0.4 is 4.90 Å². The SMILES string of the molecule is N#CC1CN(c2cnccn2)C1. The zero-order valence-electron chi connectivity index (χ0n) is 6.51. The van der Waals surface area contributed by atoms with Crippen LogP contribution in [-0.2, 0) is 0 Å². The average Bonchev–Trinajstić information content (AvgIpc) is 2.04. The van der Waals surface area contributed by atoms with E-state index in [1.165, 1.54) is 0 Å². The molecule has 0 radical (unpaired) electrons. The molecule has 0 amide bonds. The highest BCUT2D eigenvalue weighted by Crippen LogP contribution is 2.20. The Balaban J connectivity index is 2.03. The number of hydrogen-bond donors (Lipinski definition) is 0. The van der Waals surface area contributed by atoms with Crippen molar-refractivity contribution in [3.63, 3.8) is 0 Å². The molecule has 60 valence electrons. The van der Waals surface area contributed by atoms with E-state index in [1.54, 1.807) is 18.6 Å². The summed E-state index contributed by atoms with van der Waals surface area (Å²) in [4.78, 5) is 10.1. The summed E-state index contributed by atoms with van der Waals surface area (Å²) in [6, 6.07) is 2.21. The largest absolute Gasteiger partial charge is 0.353 e. The molecule has 1 aromatic rings. The summed E-state index contributed by atoms with van der Waals surface area (Å²) < 4.78 is 0. The van der Waals surface area contributed by atoms with Crippen molar-refractivity contribution in [3.8, 4) is 6.07 Å². The molecule has 12 heavy (non-hydrogen) atoms. The minimum Gasteiger partial charge on any atom is -0.353 e. The lowest BCUT2D eigenvalue weighted by Gasteiger charge is -2.35. The maximum atomic E-state index is 8.54. The quantitative estimate of drug-likeness (QED) is 0.598. The van der Waals surface area contributed by atoms with Crippen LogP contribution in [-0.4, -0.2) is 23.1 Å². The Labute approximate surface area is 70.5 Å². The molecule has 0 aromatic carbocycles. The van der Waals surface area contributed by atoms with Crippen molar-refractivity contribution in [3.05, 3.63) is 18.6 Å². The van der Waals surface area contributed by atoms with Crippen molar-refractivity contribution < 1.29 is 0 Å². The Morgan fingerprint density at radius 3 is 2.92 bits per heavy atom. The van der Waals surface area contributed by atoms with Gasteiger partial charge in [-0.3, -0.25) is 4.98 Å². The van der Waals surface area contributed by atoms with Crippen LogP contribution >= 0.6 is 0 Å². The van der Waals surface area contributed by atoms with Crippen LogP contribution in [0.15, 0.2) is 18.6 Å². The van der Waals surface area contributed by atoms with E-state index < -0.39 is 0 Å². The smallest absolute Gasteiger partial charge is 0.147 e. The molecule has 0 spiro atoms. The van der Waals surface area contributed by atoms with Gasteiger partial charge < -0.3 is 4.90 Å². The van der Waals surface area contributed by atoms with Gasteiger partial charge in [0.1, 0.15) is 5.82 Å². The van der Waals surface area contributed by atoms with Gasteiger partial charge in [-0.25, -0.2) is 4.98 Å². The Morgan fingerprint density at radius 2 is 2.33 bits per heavy atom. The molecule has 2 heterocycles. The van der Waals surface area contributed by atoms with Crippen molar-refractivity contribution >= 4 is 5.82 Å². The Kier molecular flexibility index (Phi) is 1.63. The van der Waals surface area contributed by atoms with E-state index in [2.05, 4.69) is 16.0 Å². The first kappa shape index (κ1) is 7.04. The number of nitriles is 1. The van der Waals surface area contributed by atoms with Crippen LogP contribution in [0.25, 0.3) is 0 Å². The molecule has 1 aliphatic heterocycles. The number of aromatic nitrogens is 2. The fraction of sp³-hybridized carbons (Fsp3) is 0.375. The van der Waals surface area contributed by atoms with Gasteiger partial charge in [0.05, 0.1) is 18.2 Å². The topological polar surface area (TPSA) is 52.8 Å². The summed E-state index contributed by atoms with van der Waals surface area (Å²) in [7, 11) is 0. The van der Waals surface area contributed by atoms with Gasteiger partial charge in [0.25, 0.3) is 0 Å². The second-order valence-electron chi connectivity index (χ2n) is 2.79. The molecule has 1 aliphatic rings. The van der Waals surface area contributed by atoms with Crippen molar-refractivity contribution in [2.24, 2.45) is 5.92 Å². The third-order valence-corrected chi connectivity index (χ3v) is 1.94. The second-order valence-corrected chi connectivity index (χ2v) is 2.79. The van der Waals surface area contributed by atoms with Crippen LogP contribution in [0.3, 0.4) is 0 Å². The summed E-state index contributed by atoms with van der Waals surface area (Å²) in [6.07, 6.45) is 5.02. The van der Waals surface area contributed by atoms with E-state index in [0.29, 0.717) is 0 Å². The highest BCUT2D eigenvalue weighted by Gasteiger charge is 2.27. The normalized spacial score (nSPS) is 16.8. The average molecular weight is 160 g/mol. The fourth-order valence-electron chi connectivity index (χ4n) is 1.20. The highest BCUT2D eigenvalue weighted by molar-refractivity contribution is 5.39. The van der Waals surface area contributed by atoms with Crippen molar-refractivity contribution in [1.82, 2.24) is 9.97 Å². The van der Waals surface area contributed by atoms with Gasteiger partial charge in [-0.15, -0.1) is 0 Å². The number of anilines is 1. The third-order valence-electron chi connectivity index (χ3n) is 1.94. The van der Waals surface area contributed by atoms with Gasteiger partial charge in [-0.1, -0.05) is 0 Å². The summed E-state index contributed by atoms with van der Waals surface area (Å²) in [5.41, 5.74) is 0. The van der Waals surface area contributed by atoms with E-state index in [0.717, 1.165) is 18.9 Å². The number of nitrogens with zero attached hydrogens (tertiary/aromatic N) is 4. The van der Waals surface area contributed by atoms with Crippen LogP contribution in [0.2, 0.25) is 0 Å². The standard InChI is InChI=1S/C8H8N4/c9-3-7-5-12(6-7)8-4-10-1-2-11-8/h1-2,4,7H,5-6H2. The lowest BCUT2D eigenvalue weighted by molar-refractivity contribution is 0.499. The van der Waals surface area contributed by atoms with E-state index in [4.69, 9.17) is 5.26 Å². The molecule has 0 N–H and O–H groups in total. The summed E-state index contributed by atoms with van der Waals surface area (Å²) in [6.45, 7) is 1.57. The molecule has 0 aliphatic carbocycles. The molecule has 2 rings (SSSR count). The first-order valence-electron chi connectivity index (χ1n) is 3.81. The molecular weight excluding hydrogens is 152 g/mol. The molecule has 1 fully saturated rings. The molecular formula is C8H8N4.